The van der Waals surface area contributed by atoms with E-state index in [0.717, 1.165) is 18.4 Å². The molecule has 0 heterocycles. The quantitative estimate of drug-likeness (QED) is 0.618. The number of methoxy groups -OCH3 is 1. The number of benzene rings is 2. The van der Waals surface area contributed by atoms with Crippen LogP contribution in [0.2, 0.25) is 0 Å². The summed E-state index contributed by atoms with van der Waals surface area (Å²) in [5.74, 6) is -0.175. The molecular formula is C25H28O3. The molecule has 0 spiro atoms. The Labute approximate surface area is 167 Å². The number of Topliss-reactive ketones (excluding diaryl/α,β-unsaturated/α-hetero) is 2. The third-order valence-electron chi connectivity index (χ3n) is 6.05. The lowest BCUT2D eigenvalue weighted by Crippen LogP contribution is -2.63. The van der Waals surface area contributed by atoms with Crippen molar-refractivity contribution in [2.45, 2.75) is 45.1 Å². The van der Waals surface area contributed by atoms with E-state index in [4.69, 9.17) is 4.74 Å². The molecule has 2 aromatic rings. The topological polar surface area (TPSA) is 43.4 Å². The number of carbonyl (C=O) groups excluding carboxylic acids is 2. The van der Waals surface area contributed by atoms with Crippen LogP contribution < -0.4 is 0 Å². The van der Waals surface area contributed by atoms with Crippen LogP contribution in [0, 0.1) is 5.41 Å². The molecule has 1 aliphatic rings. The number of ether oxygens (including phenoxy) is 1. The van der Waals surface area contributed by atoms with Crippen LogP contribution in [-0.4, -0.2) is 24.3 Å². The zero-order valence-electron chi connectivity index (χ0n) is 17.0. The van der Waals surface area contributed by atoms with Gasteiger partial charge in [-0.2, -0.15) is 0 Å². The van der Waals surface area contributed by atoms with Crippen molar-refractivity contribution in [3.05, 3.63) is 77.9 Å². The fourth-order valence-electron chi connectivity index (χ4n) is 4.94. The molecule has 3 nitrogen and oxygen atoms in total. The minimum Gasteiger partial charge on any atom is -0.364 e. The summed E-state index contributed by atoms with van der Waals surface area (Å²) in [4.78, 5) is 27.9. The first-order valence-corrected chi connectivity index (χ1v) is 9.98. The Kier molecular flexibility index (Phi) is 5.66. The molecule has 0 aromatic heterocycles. The van der Waals surface area contributed by atoms with E-state index >= 15 is 0 Å². The van der Waals surface area contributed by atoms with Crippen molar-refractivity contribution in [2.75, 3.05) is 7.11 Å². The average Bonchev–Trinajstić information content (AvgIpc) is 2.73. The van der Waals surface area contributed by atoms with E-state index in [1.54, 1.807) is 18.2 Å². The van der Waals surface area contributed by atoms with Gasteiger partial charge in [0.15, 0.2) is 11.4 Å². The summed E-state index contributed by atoms with van der Waals surface area (Å²) in [6.07, 6.45) is 2.68. The summed E-state index contributed by atoms with van der Waals surface area (Å²) in [5, 5.41) is 0. The molecule has 0 fully saturated rings. The lowest BCUT2D eigenvalue weighted by Gasteiger charge is -2.51. The Morgan fingerprint density at radius 2 is 1.36 bits per heavy atom. The minimum atomic E-state index is -1.41. The second-order valence-electron chi connectivity index (χ2n) is 7.52. The van der Waals surface area contributed by atoms with Gasteiger partial charge in [-0.1, -0.05) is 87.9 Å². The predicted molar refractivity (Wildman–Crippen MR) is 113 cm³/mol. The Balaban J connectivity index is 2.37. The second kappa shape index (κ2) is 7.84. The number of fused-ring (bicyclic) bond motifs is 1. The second-order valence-corrected chi connectivity index (χ2v) is 7.52. The number of hydrogen-bond acceptors (Lipinski definition) is 3. The van der Waals surface area contributed by atoms with E-state index in [1.165, 1.54) is 7.11 Å². The molecule has 0 aliphatic heterocycles. The van der Waals surface area contributed by atoms with Gasteiger partial charge in [0.2, 0.25) is 5.78 Å². The summed E-state index contributed by atoms with van der Waals surface area (Å²) >= 11 is 0. The molecule has 0 bridgehead atoms. The van der Waals surface area contributed by atoms with Gasteiger partial charge in [-0.3, -0.25) is 9.59 Å². The standard InChI is InChI=1S/C25H28O3/c1-5-16-24(17-6-2)22(26)20-14-10-11-15-21(20)23(27)25(24,28-4)18(3)19-12-8-7-9-13-19/h7-15H,3,5-6,16-17H2,1-2,4H3. The lowest BCUT2D eigenvalue weighted by molar-refractivity contribution is -0.0439. The molecule has 28 heavy (non-hydrogen) atoms. The minimum absolute atomic E-state index is 0.00895. The molecule has 1 aliphatic carbocycles. The Morgan fingerprint density at radius 3 is 1.86 bits per heavy atom. The molecule has 0 amide bonds. The van der Waals surface area contributed by atoms with Crippen LogP contribution in [0.25, 0.3) is 5.57 Å². The monoisotopic (exact) mass is 376 g/mol. The van der Waals surface area contributed by atoms with Crippen molar-refractivity contribution >= 4 is 17.1 Å². The zero-order valence-corrected chi connectivity index (χ0v) is 17.0. The summed E-state index contributed by atoms with van der Waals surface area (Å²) in [5.41, 5.74) is -0.0703. The highest BCUT2D eigenvalue weighted by Gasteiger charge is 2.65. The highest BCUT2D eigenvalue weighted by atomic mass is 16.5. The third kappa shape index (κ3) is 2.68. The third-order valence-corrected chi connectivity index (χ3v) is 6.05. The van der Waals surface area contributed by atoms with Crippen LogP contribution in [0.5, 0.6) is 0 Å². The van der Waals surface area contributed by atoms with Gasteiger partial charge in [0, 0.05) is 18.2 Å². The van der Waals surface area contributed by atoms with Gasteiger partial charge in [-0.15, -0.1) is 0 Å². The molecule has 3 rings (SSSR count). The zero-order chi connectivity index (χ0) is 20.4. The van der Waals surface area contributed by atoms with Gasteiger partial charge < -0.3 is 4.74 Å². The summed E-state index contributed by atoms with van der Waals surface area (Å²) < 4.78 is 6.09. The SMILES string of the molecule is C=C(c1ccccc1)C1(OC)C(=O)c2ccccc2C(=O)C1(CCC)CCC. The maximum Gasteiger partial charge on any atom is 0.200 e. The van der Waals surface area contributed by atoms with Gasteiger partial charge in [0.25, 0.3) is 0 Å². The molecule has 0 saturated heterocycles. The van der Waals surface area contributed by atoms with Crippen molar-refractivity contribution in [1.29, 1.82) is 0 Å². The molecule has 1 atom stereocenters. The van der Waals surface area contributed by atoms with Crippen molar-refractivity contribution in [2.24, 2.45) is 5.41 Å². The van der Waals surface area contributed by atoms with E-state index < -0.39 is 11.0 Å². The summed E-state index contributed by atoms with van der Waals surface area (Å²) in [6.45, 7) is 8.40. The van der Waals surface area contributed by atoms with E-state index in [2.05, 4.69) is 6.58 Å². The van der Waals surface area contributed by atoms with Crippen LogP contribution in [-0.2, 0) is 4.74 Å². The van der Waals surface area contributed by atoms with Crippen molar-refractivity contribution < 1.29 is 14.3 Å². The van der Waals surface area contributed by atoms with E-state index in [9.17, 15) is 9.59 Å². The Bertz CT molecular complexity index is 891. The fraction of sp³-hybridized carbons (Fsp3) is 0.360. The van der Waals surface area contributed by atoms with E-state index in [0.29, 0.717) is 29.5 Å². The van der Waals surface area contributed by atoms with Crippen molar-refractivity contribution in [1.82, 2.24) is 0 Å². The van der Waals surface area contributed by atoms with Gasteiger partial charge in [-0.05, 0) is 24.0 Å². The fourth-order valence-corrected chi connectivity index (χ4v) is 4.94. The van der Waals surface area contributed by atoms with Crippen LogP contribution in [0.1, 0.15) is 65.8 Å². The summed E-state index contributed by atoms with van der Waals surface area (Å²) in [6, 6.07) is 16.7. The number of rotatable bonds is 7. The van der Waals surface area contributed by atoms with Crippen LogP contribution in [0.15, 0.2) is 61.2 Å². The molecule has 2 aromatic carbocycles. The Morgan fingerprint density at radius 1 is 0.857 bits per heavy atom. The van der Waals surface area contributed by atoms with E-state index in [1.807, 2.05) is 50.2 Å². The van der Waals surface area contributed by atoms with Crippen LogP contribution in [0.4, 0.5) is 0 Å². The van der Waals surface area contributed by atoms with Crippen molar-refractivity contribution in [3.63, 3.8) is 0 Å². The van der Waals surface area contributed by atoms with Gasteiger partial charge in [-0.25, -0.2) is 0 Å². The highest BCUT2D eigenvalue weighted by Crippen LogP contribution is 2.55. The normalized spacial score (nSPS) is 20.7. The first kappa shape index (κ1) is 20.2. The maximum absolute atomic E-state index is 14.0. The number of carbonyl (C=O) groups is 2. The van der Waals surface area contributed by atoms with Crippen LogP contribution >= 0.6 is 0 Å². The van der Waals surface area contributed by atoms with Crippen LogP contribution in [0.3, 0.4) is 0 Å². The largest absolute Gasteiger partial charge is 0.364 e. The summed E-state index contributed by atoms with van der Waals surface area (Å²) in [7, 11) is 1.54. The molecule has 0 radical (unpaired) electrons. The molecule has 3 heteroatoms. The van der Waals surface area contributed by atoms with E-state index in [-0.39, 0.29) is 11.6 Å². The molecule has 146 valence electrons. The molecule has 0 saturated carbocycles. The number of hydrogen-bond donors (Lipinski definition) is 0. The smallest absolute Gasteiger partial charge is 0.200 e. The van der Waals surface area contributed by atoms with Gasteiger partial charge in [0.1, 0.15) is 0 Å². The van der Waals surface area contributed by atoms with Gasteiger partial charge in [0.05, 0.1) is 5.41 Å². The Hall–Kier alpha value is -2.52. The highest BCUT2D eigenvalue weighted by molar-refractivity contribution is 6.25. The predicted octanol–water partition coefficient (Wildman–Crippen LogP) is 5.75. The van der Waals surface area contributed by atoms with Gasteiger partial charge >= 0.3 is 0 Å². The first-order valence-electron chi connectivity index (χ1n) is 9.98. The molecule has 0 N–H and O–H groups in total. The first-order chi connectivity index (χ1) is 13.5. The maximum atomic E-state index is 14.0. The van der Waals surface area contributed by atoms with Crippen molar-refractivity contribution in [3.8, 4) is 0 Å². The molecular weight excluding hydrogens is 348 g/mol. The lowest BCUT2D eigenvalue weighted by atomic mass is 9.53. The average molecular weight is 376 g/mol. The molecule has 1 unspecified atom stereocenters. The number of ketones is 2.